The molecule has 0 aliphatic carbocycles. The number of benzene rings is 1. The van der Waals surface area contributed by atoms with Crippen LogP contribution >= 0.6 is 0 Å². The standard InChI is InChI=1S/C8H15NSi2/c10-6-9(7-11)8-4-2-1-3-5-8/h1-5H,6-7H2,10-11H3. The van der Waals surface area contributed by atoms with Crippen molar-refractivity contribution in [2.24, 2.45) is 0 Å². The zero-order valence-electron chi connectivity index (χ0n) is 7.25. The van der Waals surface area contributed by atoms with Crippen LogP contribution < -0.4 is 4.90 Å². The second kappa shape index (κ2) is 4.36. The van der Waals surface area contributed by atoms with Crippen molar-refractivity contribution in [1.82, 2.24) is 0 Å². The molecule has 1 nitrogen and oxygen atoms in total. The Morgan fingerprint density at radius 1 is 1.00 bits per heavy atom. The third-order valence-corrected chi connectivity index (χ3v) is 3.41. The SMILES string of the molecule is [SiH3]CN(C[SiH3])c1ccccc1. The molecule has 0 N–H and O–H groups in total. The van der Waals surface area contributed by atoms with Crippen LogP contribution in [0.1, 0.15) is 0 Å². The molecule has 0 unspecified atom stereocenters. The third-order valence-electron chi connectivity index (χ3n) is 1.88. The van der Waals surface area contributed by atoms with Gasteiger partial charge in [0.15, 0.2) is 0 Å². The van der Waals surface area contributed by atoms with Gasteiger partial charge in [0.25, 0.3) is 0 Å². The molecule has 0 aliphatic rings. The Morgan fingerprint density at radius 3 is 2.00 bits per heavy atom. The summed E-state index contributed by atoms with van der Waals surface area (Å²) in [6.07, 6.45) is 2.51. The molecule has 11 heavy (non-hydrogen) atoms. The molecule has 0 aromatic heterocycles. The van der Waals surface area contributed by atoms with Crippen LogP contribution in [-0.2, 0) is 0 Å². The maximum absolute atomic E-state index is 2.46. The lowest BCUT2D eigenvalue weighted by Crippen LogP contribution is -2.25. The van der Waals surface area contributed by atoms with Crippen LogP contribution in [-0.4, -0.2) is 32.8 Å². The van der Waals surface area contributed by atoms with Crippen molar-refractivity contribution < 1.29 is 0 Å². The van der Waals surface area contributed by atoms with E-state index in [1.807, 2.05) is 0 Å². The van der Waals surface area contributed by atoms with Gasteiger partial charge >= 0.3 is 0 Å². The Bertz CT molecular complexity index is 197. The summed E-state index contributed by atoms with van der Waals surface area (Å²) in [7, 11) is 2.53. The molecule has 0 heterocycles. The van der Waals surface area contributed by atoms with Gasteiger partial charge in [-0.1, -0.05) is 18.2 Å². The molecule has 0 aliphatic heterocycles. The van der Waals surface area contributed by atoms with Gasteiger partial charge in [-0.2, -0.15) is 0 Å². The van der Waals surface area contributed by atoms with Gasteiger partial charge in [0.2, 0.25) is 0 Å². The zero-order chi connectivity index (χ0) is 8.10. The number of anilines is 1. The highest BCUT2D eigenvalue weighted by atomic mass is 28.1. The van der Waals surface area contributed by atoms with E-state index < -0.39 is 0 Å². The smallest absolute Gasteiger partial charge is 0.0359 e. The normalized spacial score (nSPS) is 10.2. The van der Waals surface area contributed by atoms with Crippen molar-refractivity contribution in [3.8, 4) is 0 Å². The van der Waals surface area contributed by atoms with E-state index in [0.29, 0.717) is 0 Å². The lowest BCUT2D eigenvalue weighted by atomic mass is 10.3. The summed E-state index contributed by atoms with van der Waals surface area (Å²) in [4.78, 5) is 2.46. The highest BCUT2D eigenvalue weighted by Crippen LogP contribution is 2.10. The fraction of sp³-hybridized carbons (Fsp3) is 0.250. The highest BCUT2D eigenvalue weighted by molar-refractivity contribution is 6.14. The molecule has 1 aromatic carbocycles. The summed E-state index contributed by atoms with van der Waals surface area (Å²) in [6, 6.07) is 10.7. The van der Waals surface area contributed by atoms with Crippen molar-refractivity contribution >= 4 is 26.2 Å². The van der Waals surface area contributed by atoms with Gasteiger partial charge in [0, 0.05) is 38.5 Å². The highest BCUT2D eigenvalue weighted by Gasteiger charge is 1.97. The molecule has 0 spiro atoms. The van der Waals surface area contributed by atoms with Crippen LogP contribution in [0.3, 0.4) is 0 Å². The lowest BCUT2D eigenvalue weighted by molar-refractivity contribution is 1.05. The molecule has 1 rings (SSSR count). The van der Waals surface area contributed by atoms with Crippen molar-refractivity contribution in [3.05, 3.63) is 30.3 Å². The molecular weight excluding hydrogens is 166 g/mol. The lowest BCUT2D eigenvalue weighted by Gasteiger charge is -2.20. The quantitative estimate of drug-likeness (QED) is 0.549. The molecule has 0 fully saturated rings. The molecular formula is C8H15NSi2. The molecule has 0 radical (unpaired) electrons. The second-order valence-corrected chi connectivity index (χ2v) is 3.77. The predicted molar refractivity (Wildman–Crippen MR) is 58.5 cm³/mol. The topological polar surface area (TPSA) is 3.24 Å². The number of hydrogen-bond donors (Lipinski definition) is 0. The average molecular weight is 181 g/mol. The van der Waals surface area contributed by atoms with Crippen molar-refractivity contribution in [1.29, 1.82) is 0 Å². The Balaban J connectivity index is 2.74. The average Bonchev–Trinajstić information content (AvgIpc) is 2.09. The van der Waals surface area contributed by atoms with E-state index in [-0.39, 0.29) is 0 Å². The summed E-state index contributed by atoms with van der Waals surface area (Å²) in [6.45, 7) is 0. The number of rotatable bonds is 3. The predicted octanol–water partition coefficient (Wildman–Crippen LogP) is -0.861. The van der Waals surface area contributed by atoms with Crippen molar-refractivity contribution in [3.63, 3.8) is 0 Å². The first-order valence-corrected chi connectivity index (χ1v) is 7.01. The minimum Gasteiger partial charge on any atom is -0.379 e. The molecule has 0 atom stereocenters. The van der Waals surface area contributed by atoms with Crippen molar-refractivity contribution in [2.75, 3.05) is 17.2 Å². The van der Waals surface area contributed by atoms with Crippen LogP contribution in [0, 0.1) is 0 Å². The Morgan fingerprint density at radius 2 is 1.55 bits per heavy atom. The first-order valence-electron chi connectivity index (χ1n) is 4.18. The maximum atomic E-state index is 2.46. The van der Waals surface area contributed by atoms with E-state index in [4.69, 9.17) is 0 Å². The largest absolute Gasteiger partial charge is 0.379 e. The molecule has 1 aromatic rings. The summed E-state index contributed by atoms with van der Waals surface area (Å²) in [5, 5.41) is 0. The summed E-state index contributed by atoms with van der Waals surface area (Å²) >= 11 is 0. The zero-order valence-corrected chi connectivity index (χ0v) is 11.2. The molecule has 0 bridgehead atoms. The van der Waals surface area contributed by atoms with E-state index in [1.165, 1.54) is 38.5 Å². The van der Waals surface area contributed by atoms with Gasteiger partial charge in [0.1, 0.15) is 0 Å². The van der Waals surface area contributed by atoms with Gasteiger partial charge < -0.3 is 4.90 Å². The summed E-state index contributed by atoms with van der Waals surface area (Å²) in [5.41, 5.74) is 1.39. The maximum Gasteiger partial charge on any atom is 0.0359 e. The first kappa shape index (κ1) is 8.55. The Kier molecular flexibility index (Phi) is 3.39. The van der Waals surface area contributed by atoms with Crippen LogP contribution in [0.15, 0.2) is 30.3 Å². The Labute approximate surface area is 74.3 Å². The van der Waals surface area contributed by atoms with Gasteiger partial charge in [-0.05, 0) is 12.1 Å². The van der Waals surface area contributed by atoms with Crippen molar-refractivity contribution in [2.45, 2.75) is 0 Å². The monoisotopic (exact) mass is 181 g/mol. The molecule has 0 amide bonds. The molecule has 0 saturated carbocycles. The fourth-order valence-electron chi connectivity index (χ4n) is 1.23. The molecule has 3 heteroatoms. The summed E-state index contributed by atoms with van der Waals surface area (Å²) < 4.78 is 0. The van der Waals surface area contributed by atoms with Gasteiger partial charge in [-0.15, -0.1) is 0 Å². The van der Waals surface area contributed by atoms with E-state index in [9.17, 15) is 0 Å². The van der Waals surface area contributed by atoms with Crippen LogP contribution in [0.2, 0.25) is 0 Å². The van der Waals surface area contributed by atoms with E-state index in [1.54, 1.807) is 0 Å². The summed E-state index contributed by atoms with van der Waals surface area (Å²) in [5.74, 6) is 0. The third kappa shape index (κ3) is 2.20. The van der Waals surface area contributed by atoms with E-state index in [2.05, 4.69) is 35.2 Å². The van der Waals surface area contributed by atoms with E-state index >= 15 is 0 Å². The minimum atomic E-state index is 1.26. The molecule has 60 valence electrons. The van der Waals surface area contributed by atoms with Gasteiger partial charge in [0.05, 0.1) is 0 Å². The first-order chi connectivity index (χ1) is 5.38. The molecule has 0 saturated heterocycles. The van der Waals surface area contributed by atoms with Crippen LogP contribution in [0.4, 0.5) is 5.69 Å². The fourth-order valence-corrected chi connectivity index (χ4v) is 3.75. The van der Waals surface area contributed by atoms with Gasteiger partial charge in [-0.3, -0.25) is 0 Å². The minimum absolute atomic E-state index is 1.26. The van der Waals surface area contributed by atoms with Gasteiger partial charge in [-0.25, -0.2) is 0 Å². The number of para-hydroxylation sites is 1. The number of nitrogens with zero attached hydrogens (tertiary/aromatic N) is 1. The second-order valence-electron chi connectivity index (χ2n) is 2.51. The van der Waals surface area contributed by atoms with E-state index in [0.717, 1.165) is 0 Å². The number of hydrogen-bond acceptors (Lipinski definition) is 1. The Hall–Kier alpha value is -0.546. The van der Waals surface area contributed by atoms with Crippen LogP contribution in [0.25, 0.3) is 0 Å². The van der Waals surface area contributed by atoms with Crippen LogP contribution in [0.5, 0.6) is 0 Å².